The fraction of sp³-hybridized carbons (Fsp3) is 0.600. The molecule has 5 heteroatoms. The molecule has 1 aromatic heterocycles. The maximum absolute atomic E-state index is 11.5. The normalized spacial score (nSPS) is 16.8. The summed E-state index contributed by atoms with van der Waals surface area (Å²) >= 11 is 0. The molecule has 2 N–H and O–H groups in total. The molecule has 2 heterocycles. The van der Waals surface area contributed by atoms with Crippen LogP contribution in [0.3, 0.4) is 0 Å². The lowest BCUT2D eigenvalue weighted by Gasteiger charge is -2.14. The van der Waals surface area contributed by atoms with Crippen LogP contribution in [0.25, 0.3) is 0 Å². The fourth-order valence-electron chi connectivity index (χ4n) is 1.81. The van der Waals surface area contributed by atoms with Crippen molar-refractivity contribution in [1.82, 2.24) is 20.4 Å². The third-order valence-corrected chi connectivity index (χ3v) is 2.67. The number of hydrogen-bond acceptors (Lipinski definition) is 3. The van der Waals surface area contributed by atoms with E-state index in [4.69, 9.17) is 0 Å². The lowest BCUT2D eigenvalue weighted by molar-refractivity contribution is 0.0950. The number of aromatic amines is 1. The Labute approximate surface area is 88.8 Å². The summed E-state index contributed by atoms with van der Waals surface area (Å²) in [5.74, 6) is -0.0528. The van der Waals surface area contributed by atoms with Crippen molar-refractivity contribution < 1.29 is 4.79 Å². The number of nitrogens with one attached hydrogen (secondary N) is 2. The number of carbonyl (C=O) groups excluding carboxylic acids is 1. The zero-order chi connectivity index (χ0) is 10.5. The Morgan fingerprint density at radius 1 is 1.53 bits per heavy atom. The number of rotatable bonds is 4. The highest BCUT2D eigenvalue weighted by Crippen LogP contribution is 2.05. The van der Waals surface area contributed by atoms with Crippen molar-refractivity contribution in [3.8, 4) is 0 Å². The van der Waals surface area contributed by atoms with Gasteiger partial charge in [0.1, 0.15) is 0 Å². The maximum atomic E-state index is 11.5. The van der Waals surface area contributed by atoms with Crippen molar-refractivity contribution in [1.29, 1.82) is 0 Å². The topological polar surface area (TPSA) is 61.0 Å². The molecule has 0 aliphatic carbocycles. The molecule has 1 saturated heterocycles. The molecule has 0 unspecified atom stereocenters. The molecular formula is C10H16N4O. The molecule has 5 nitrogen and oxygen atoms in total. The second-order valence-electron chi connectivity index (χ2n) is 3.79. The van der Waals surface area contributed by atoms with E-state index >= 15 is 0 Å². The smallest absolute Gasteiger partial charge is 0.254 e. The Hall–Kier alpha value is -1.36. The maximum Gasteiger partial charge on any atom is 0.254 e. The molecule has 15 heavy (non-hydrogen) atoms. The Morgan fingerprint density at radius 3 is 3.00 bits per heavy atom. The van der Waals surface area contributed by atoms with E-state index in [-0.39, 0.29) is 5.91 Å². The zero-order valence-electron chi connectivity index (χ0n) is 8.70. The summed E-state index contributed by atoms with van der Waals surface area (Å²) in [6.45, 7) is 4.00. The minimum Gasteiger partial charge on any atom is -0.351 e. The summed E-state index contributed by atoms with van der Waals surface area (Å²) in [5.41, 5.74) is 0.594. The molecule has 1 aliphatic rings. The Bertz CT molecular complexity index is 303. The predicted octanol–water partition coefficient (Wildman–Crippen LogP) is 0.235. The van der Waals surface area contributed by atoms with Gasteiger partial charge < -0.3 is 10.2 Å². The van der Waals surface area contributed by atoms with Crippen molar-refractivity contribution in [2.75, 3.05) is 26.2 Å². The number of hydrogen-bond donors (Lipinski definition) is 2. The molecule has 0 atom stereocenters. The molecule has 1 aliphatic heterocycles. The minimum atomic E-state index is -0.0528. The van der Waals surface area contributed by atoms with Gasteiger partial charge in [-0.25, -0.2) is 0 Å². The third-order valence-electron chi connectivity index (χ3n) is 2.67. The molecule has 0 radical (unpaired) electrons. The van der Waals surface area contributed by atoms with Crippen LogP contribution in [-0.2, 0) is 0 Å². The first-order valence-electron chi connectivity index (χ1n) is 5.35. The van der Waals surface area contributed by atoms with E-state index in [2.05, 4.69) is 20.4 Å². The summed E-state index contributed by atoms with van der Waals surface area (Å²) in [6, 6.07) is 0. The van der Waals surface area contributed by atoms with E-state index in [9.17, 15) is 4.79 Å². The van der Waals surface area contributed by atoms with Crippen LogP contribution in [0.1, 0.15) is 23.2 Å². The average Bonchev–Trinajstić information content (AvgIpc) is 2.90. The van der Waals surface area contributed by atoms with Crippen LogP contribution in [0.5, 0.6) is 0 Å². The van der Waals surface area contributed by atoms with Gasteiger partial charge in [0, 0.05) is 19.3 Å². The van der Waals surface area contributed by atoms with Crippen LogP contribution in [0, 0.1) is 0 Å². The van der Waals surface area contributed by atoms with Crippen LogP contribution in [0.4, 0.5) is 0 Å². The Morgan fingerprint density at radius 2 is 2.33 bits per heavy atom. The minimum absolute atomic E-state index is 0.0528. The lowest BCUT2D eigenvalue weighted by Crippen LogP contribution is -2.33. The van der Waals surface area contributed by atoms with Gasteiger partial charge in [-0.2, -0.15) is 5.10 Å². The van der Waals surface area contributed by atoms with Crippen molar-refractivity contribution in [3.05, 3.63) is 18.0 Å². The highest BCUT2D eigenvalue weighted by Gasteiger charge is 2.11. The van der Waals surface area contributed by atoms with Crippen LogP contribution in [-0.4, -0.2) is 47.2 Å². The molecular weight excluding hydrogens is 192 g/mol. The monoisotopic (exact) mass is 208 g/mol. The van der Waals surface area contributed by atoms with Gasteiger partial charge >= 0.3 is 0 Å². The molecule has 82 valence electrons. The third kappa shape index (κ3) is 2.79. The van der Waals surface area contributed by atoms with Crippen molar-refractivity contribution in [3.63, 3.8) is 0 Å². The standard InChI is InChI=1S/C10H16N4O/c15-10(9-7-12-13-8-9)11-3-6-14-4-1-2-5-14/h7-8H,1-6H2,(H,11,15)(H,12,13). The van der Waals surface area contributed by atoms with Crippen molar-refractivity contribution in [2.24, 2.45) is 0 Å². The van der Waals surface area contributed by atoms with E-state index < -0.39 is 0 Å². The predicted molar refractivity (Wildman–Crippen MR) is 56.6 cm³/mol. The highest BCUT2D eigenvalue weighted by atomic mass is 16.1. The second-order valence-corrected chi connectivity index (χ2v) is 3.79. The van der Waals surface area contributed by atoms with Gasteiger partial charge in [0.05, 0.1) is 11.8 Å². The molecule has 0 saturated carbocycles. The number of carbonyl (C=O) groups is 1. The Balaban J connectivity index is 1.67. The molecule has 2 rings (SSSR count). The first-order chi connectivity index (χ1) is 7.36. The summed E-state index contributed by atoms with van der Waals surface area (Å²) in [7, 11) is 0. The molecule has 0 bridgehead atoms. The van der Waals surface area contributed by atoms with Gasteiger partial charge in [-0.05, 0) is 25.9 Å². The second kappa shape index (κ2) is 4.93. The van der Waals surface area contributed by atoms with Crippen LogP contribution in [0.2, 0.25) is 0 Å². The van der Waals surface area contributed by atoms with Gasteiger partial charge in [-0.1, -0.05) is 0 Å². The molecule has 1 amide bonds. The van der Waals surface area contributed by atoms with Crippen LogP contribution in [0.15, 0.2) is 12.4 Å². The van der Waals surface area contributed by atoms with E-state index in [0.29, 0.717) is 12.1 Å². The number of aromatic nitrogens is 2. The summed E-state index contributed by atoms with van der Waals surface area (Å²) in [4.78, 5) is 13.9. The summed E-state index contributed by atoms with van der Waals surface area (Å²) < 4.78 is 0. The molecule has 0 spiro atoms. The number of H-pyrrole nitrogens is 1. The van der Waals surface area contributed by atoms with Gasteiger partial charge in [-0.3, -0.25) is 9.89 Å². The van der Waals surface area contributed by atoms with Gasteiger partial charge in [0.25, 0.3) is 5.91 Å². The van der Waals surface area contributed by atoms with E-state index in [0.717, 1.165) is 6.54 Å². The SMILES string of the molecule is O=C(NCCN1CCCC1)c1cn[nH]c1. The number of likely N-dealkylation sites (tertiary alicyclic amines) is 1. The molecule has 1 fully saturated rings. The van der Waals surface area contributed by atoms with Gasteiger partial charge in [0.15, 0.2) is 0 Å². The van der Waals surface area contributed by atoms with Gasteiger partial charge in [0.2, 0.25) is 0 Å². The van der Waals surface area contributed by atoms with Crippen molar-refractivity contribution in [2.45, 2.75) is 12.8 Å². The number of amides is 1. The zero-order valence-corrected chi connectivity index (χ0v) is 8.70. The van der Waals surface area contributed by atoms with E-state index in [1.807, 2.05) is 0 Å². The number of nitrogens with zero attached hydrogens (tertiary/aromatic N) is 2. The highest BCUT2D eigenvalue weighted by molar-refractivity contribution is 5.93. The van der Waals surface area contributed by atoms with E-state index in [1.165, 1.54) is 32.1 Å². The van der Waals surface area contributed by atoms with Crippen molar-refractivity contribution >= 4 is 5.91 Å². The summed E-state index contributed by atoms with van der Waals surface area (Å²) in [6.07, 6.45) is 5.71. The fourth-order valence-corrected chi connectivity index (χ4v) is 1.81. The first kappa shape index (κ1) is 10.2. The largest absolute Gasteiger partial charge is 0.351 e. The lowest BCUT2D eigenvalue weighted by atomic mass is 10.3. The molecule has 1 aromatic rings. The first-order valence-corrected chi connectivity index (χ1v) is 5.35. The van der Waals surface area contributed by atoms with Gasteiger partial charge in [-0.15, -0.1) is 0 Å². The van der Waals surface area contributed by atoms with E-state index in [1.54, 1.807) is 6.20 Å². The Kier molecular flexibility index (Phi) is 3.34. The molecule has 0 aromatic carbocycles. The van der Waals surface area contributed by atoms with Crippen LogP contribution >= 0.6 is 0 Å². The average molecular weight is 208 g/mol. The quantitative estimate of drug-likeness (QED) is 0.745. The summed E-state index contributed by atoms with van der Waals surface area (Å²) in [5, 5.41) is 9.22. The van der Waals surface area contributed by atoms with Crippen LogP contribution < -0.4 is 5.32 Å².